The van der Waals surface area contributed by atoms with Crippen molar-refractivity contribution in [2.24, 2.45) is 5.41 Å². The highest BCUT2D eigenvalue weighted by atomic mass is 16.5. The van der Waals surface area contributed by atoms with Gasteiger partial charge in [0.1, 0.15) is 5.75 Å². The summed E-state index contributed by atoms with van der Waals surface area (Å²) in [4.78, 5) is 27.8. The molecule has 0 aromatic heterocycles. The first kappa shape index (κ1) is 24.8. The van der Waals surface area contributed by atoms with E-state index in [4.69, 9.17) is 4.74 Å². The van der Waals surface area contributed by atoms with Gasteiger partial charge in [-0.25, -0.2) is 0 Å². The van der Waals surface area contributed by atoms with Gasteiger partial charge in [-0.05, 0) is 74.9 Å². The van der Waals surface area contributed by atoms with Crippen molar-refractivity contribution in [3.63, 3.8) is 0 Å². The van der Waals surface area contributed by atoms with Gasteiger partial charge in [0, 0.05) is 29.8 Å². The van der Waals surface area contributed by atoms with E-state index in [1.807, 2.05) is 49.9 Å². The van der Waals surface area contributed by atoms with Gasteiger partial charge in [-0.15, -0.1) is 0 Å². The van der Waals surface area contributed by atoms with Crippen LogP contribution in [0.2, 0.25) is 0 Å². The second-order valence-corrected chi connectivity index (χ2v) is 9.85. The molecule has 0 unspecified atom stereocenters. The van der Waals surface area contributed by atoms with Gasteiger partial charge in [0.2, 0.25) is 5.91 Å². The smallest absolute Gasteiger partial charge is 0.253 e. The van der Waals surface area contributed by atoms with E-state index in [2.05, 4.69) is 24.4 Å². The lowest BCUT2D eigenvalue weighted by Gasteiger charge is -2.24. The van der Waals surface area contributed by atoms with Gasteiger partial charge in [-0.1, -0.05) is 44.9 Å². The van der Waals surface area contributed by atoms with Crippen molar-refractivity contribution < 1.29 is 14.3 Å². The SMILES string of the molecule is Cc1ccc(C)c(OCCCC(C)(C)C(=O)Nc2cccc(C(=O)N3CCCCCC3)c2)c1. The van der Waals surface area contributed by atoms with Crippen LogP contribution < -0.4 is 10.1 Å². The fourth-order valence-corrected chi connectivity index (χ4v) is 4.16. The molecule has 2 aromatic rings. The monoisotopic (exact) mass is 450 g/mol. The summed E-state index contributed by atoms with van der Waals surface area (Å²) in [5.41, 5.74) is 3.05. The number of aryl methyl sites for hydroxylation is 2. The summed E-state index contributed by atoms with van der Waals surface area (Å²) >= 11 is 0. The van der Waals surface area contributed by atoms with Crippen LogP contribution in [0, 0.1) is 19.3 Å². The molecule has 1 N–H and O–H groups in total. The zero-order valence-corrected chi connectivity index (χ0v) is 20.6. The molecule has 0 atom stereocenters. The predicted molar refractivity (Wildman–Crippen MR) is 134 cm³/mol. The highest BCUT2D eigenvalue weighted by Gasteiger charge is 2.27. The average Bonchev–Trinajstić information content (AvgIpc) is 3.08. The number of carbonyl (C=O) groups excluding carboxylic acids is 2. The van der Waals surface area contributed by atoms with Gasteiger partial charge in [-0.2, -0.15) is 0 Å². The molecule has 0 bridgehead atoms. The van der Waals surface area contributed by atoms with E-state index in [0.29, 0.717) is 24.3 Å². The maximum atomic E-state index is 13.0. The second-order valence-electron chi connectivity index (χ2n) is 9.85. The topological polar surface area (TPSA) is 58.6 Å². The summed E-state index contributed by atoms with van der Waals surface area (Å²) < 4.78 is 5.95. The third-order valence-corrected chi connectivity index (χ3v) is 6.42. The van der Waals surface area contributed by atoms with Crippen LogP contribution >= 0.6 is 0 Å². The zero-order chi connectivity index (χ0) is 23.8. The van der Waals surface area contributed by atoms with Gasteiger partial charge in [-0.3, -0.25) is 9.59 Å². The number of nitrogens with one attached hydrogen (secondary N) is 1. The second kappa shape index (κ2) is 11.4. The van der Waals surface area contributed by atoms with E-state index >= 15 is 0 Å². The van der Waals surface area contributed by atoms with Crippen molar-refractivity contribution in [3.8, 4) is 5.75 Å². The van der Waals surface area contributed by atoms with Crippen molar-refractivity contribution in [1.29, 1.82) is 0 Å². The zero-order valence-electron chi connectivity index (χ0n) is 20.6. The Morgan fingerprint density at radius 2 is 1.73 bits per heavy atom. The predicted octanol–water partition coefficient (Wildman–Crippen LogP) is 6.14. The first-order chi connectivity index (χ1) is 15.8. The molecule has 2 aromatic carbocycles. The fraction of sp³-hybridized carbons (Fsp3) is 0.500. The van der Waals surface area contributed by atoms with Crippen LogP contribution in [0.5, 0.6) is 5.75 Å². The summed E-state index contributed by atoms with van der Waals surface area (Å²) in [7, 11) is 0. The Labute approximate surface area is 198 Å². The Hall–Kier alpha value is -2.82. The van der Waals surface area contributed by atoms with Gasteiger partial charge in [0.15, 0.2) is 0 Å². The minimum absolute atomic E-state index is 0.0476. The molecule has 0 radical (unpaired) electrons. The average molecular weight is 451 g/mol. The van der Waals surface area contributed by atoms with Crippen molar-refractivity contribution in [2.45, 2.75) is 66.2 Å². The summed E-state index contributed by atoms with van der Waals surface area (Å²) in [5, 5.41) is 3.02. The van der Waals surface area contributed by atoms with E-state index < -0.39 is 5.41 Å². The lowest BCUT2D eigenvalue weighted by Crippen LogP contribution is -2.32. The van der Waals surface area contributed by atoms with Crippen molar-refractivity contribution >= 4 is 17.5 Å². The highest BCUT2D eigenvalue weighted by Crippen LogP contribution is 2.26. The van der Waals surface area contributed by atoms with Gasteiger partial charge in [0.05, 0.1) is 6.61 Å². The number of hydrogen-bond acceptors (Lipinski definition) is 3. The molecule has 5 heteroatoms. The summed E-state index contributed by atoms with van der Waals surface area (Å²) in [6.45, 7) is 10.2. The third kappa shape index (κ3) is 7.08. The number of rotatable bonds is 8. The van der Waals surface area contributed by atoms with Crippen LogP contribution in [0.15, 0.2) is 42.5 Å². The Morgan fingerprint density at radius 1 is 1.00 bits per heavy atom. The number of anilines is 1. The molecule has 33 heavy (non-hydrogen) atoms. The first-order valence-electron chi connectivity index (χ1n) is 12.2. The van der Waals surface area contributed by atoms with E-state index in [0.717, 1.165) is 43.7 Å². The lowest BCUT2D eigenvalue weighted by atomic mass is 9.87. The third-order valence-electron chi connectivity index (χ3n) is 6.42. The normalized spacial score (nSPS) is 14.5. The van der Waals surface area contributed by atoms with Gasteiger partial charge < -0.3 is 15.0 Å². The van der Waals surface area contributed by atoms with Crippen molar-refractivity contribution in [2.75, 3.05) is 25.0 Å². The summed E-state index contributed by atoms with van der Waals surface area (Å²) in [6.07, 6.45) is 5.97. The van der Waals surface area contributed by atoms with Crippen molar-refractivity contribution in [1.82, 2.24) is 4.90 Å². The first-order valence-corrected chi connectivity index (χ1v) is 12.2. The summed E-state index contributed by atoms with van der Waals surface area (Å²) in [6, 6.07) is 13.5. The number of benzene rings is 2. The molecular formula is C28H38N2O3. The molecular weight excluding hydrogens is 412 g/mol. The minimum Gasteiger partial charge on any atom is -0.493 e. The van der Waals surface area contributed by atoms with E-state index in [1.54, 1.807) is 6.07 Å². The standard InChI is InChI=1S/C28H38N2O3/c1-21-13-14-22(2)25(19-21)33-18-10-15-28(3,4)27(32)29-24-12-9-11-23(20-24)26(31)30-16-7-5-6-8-17-30/h9,11-14,19-20H,5-8,10,15-18H2,1-4H3,(H,29,32). The van der Waals surface area contributed by atoms with Crippen LogP contribution in [0.4, 0.5) is 5.69 Å². The number of ether oxygens (including phenoxy) is 1. The summed E-state index contributed by atoms with van der Waals surface area (Å²) in [5.74, 6) is 0.910. The molecule has 1 heterocycles. The van der Waals surface area contributed by atoms with E-state index in [1.165, 1.54) is 18.4 Å². The van der Waals surface area contributed by atoms with Crippen LogP contribution in [-0.2, 0) is 4.79 Å². The molecule has 1 saturated heterocycles. The van der Waals surface area contributed by atoms with E-state index in [9.17, 15) is 9.59 Å². The maximum Gasteiger partial charge on any atom is 0.253 e. The number of amides is 2. The van der Waals surface area contributed by atoms with Gasteiger partial charge >= 0.3 is 0 Å². The van der Waals surface area contributed by atoms with Crippen LogP contribution in [-0.4, -0.2) is 36.4 Å². The fourth-order valence-electron chi connectivity index (χ4n) is 4.16. The molecule has 1 aliphatic heterocycles. The molecule has 178 valence electrons. The van der Waals surface area contributed by atoms with Crippen LogP contribution in [0.3, 0.4) is 0 Å². The molecule has 2 amide bonds. The lowest BCUT2D eigenvalue weighted by molar-refractivity contribution is -0.124. The Bertz CT molecular complexity index is 959. The molecule has 1 fully saturated rings. The molecule has 1 aliphatic rings. The highest BCUT2D eigenvalue weighted by molar-refractivity contribution is 5.98. The molecule has 3 rings (SSSR count). The van der Waals surface area contributed by atoms with Gasteiger partial charge in [0.25, 0.3) is 5.91 Å². The number of carbonyl (C=O) groups is 2. The molecule has 0 aliphatic carbocycles. The number of nitrogens with zero attached hydrogens (tertiary/aromatic N) is 1. The minimum atomic E-state index is -0.546. The molecule has 5 nitrogen and oxygen atoms in total. The Morgan fingerprint density at radius 3 is 2.45 bits per heavy atom. The van der Waals surface area contributed by atoms with Crippen LogP contribution in [0.1, 0.15) is 73.9 Å². The quantitative estimate of drug-likeness (QED) is 0.491. The van der Waals surface area contributed by atoms with Crippen LogP contribution in [0.25, 0.3) is 0 Å². The molecule has 0 spiro atoms. The Kier molecular flexibility index (Phi) is 8.54. The van der Waals surface area contributed by atoms with Crippen molar-refractivity contribution in [3.05, 3.63) is 59.2 Å². The number of hydrogen-bond donors (Lipinski definition) is 1. The number of likely N-dealkylation sites (tertiary alicyclic amines) is 1. The maximum absolute atomic E-state index is 13.0. The largest absolute Gasteiger partial charge is 0.493 e. The Balaban J connectivity index is 1.53. The van der Waals surface area contributed by atoms with E-state index in [-0.39, 0.29) is 11.8 Å². The molecule has 0 saturated carbocycles.